The molecule has 98 valence electrons. The van der Waals surface area contributed by atoms with Gasteiger partial charge in [0.25, 0.3) is 0 Å². The van der Waals surface area contributed by atoms with Crippen molar-refractivity contribution in [2.45, 2.75) is 26.4 Å². The SMILES string of the molecule is CC(C)NCc1nnc(-c2csc3ccccc23)s1. The van der Waals surface area contributed by atoms with Crippen LogP contribution in [0.2, 0.25) is 0 Å². The van der Waals surface area contributed by atoms with Gasteiger partial charge in [-0.2, -0.15) is 0 Å². The third-order valence-corrected chi connectivity index (χ3v) is 4.76. The van der Waals surface area contributed by atoms with Crippen LogP contribution in [-0.4, -0.2) is 16.2 Å². The van der Waals surface area contributed by atoms with Crippen molar-refractivity contribution in [1.82, 2.24) is 15.5 Å². The van der Waals surface area contributed by atoms with Crippen molar-refractivity contribution in [2.75, 3.05) is 0 Å². The summed E-state index contributed by atoms with van der Waals surface area (Å²) in [6.45, 7) is 5.06. The van der Waals surface area contributed by atoms with Gasteiger partial charge in [-0.15, -0.1) is 21.5 Å². The van der Waals surface area contributed by atoms with Crippen LogP contribution >= 0.6 is 22.7 Å². The van der Waals surface area contributed by atoms with Crippen molar-refractivity contribution in [2.24, 2.45) is 0 Å². The molecule has 2 aromatic heterocycles. The number of rotatable bonds is 4. The van der Waals surface area contributed by atoms with E-state index in [0.29, 0.717) is 6.04 Å². The zero-order valence-corrected chi connectivity index (χ0v) is 12.5. The van der Waals surface area contributed by atoms with Crippen LogP contribution in [0, 0.1) is 0 Å². The van der Waals surface area contributed by atoms with Gasteiger partial charge in [0.05, 0.1) is 0 Å². The minimum Gasteiger partial charge on any atom is -0.308 e. The standard InChI is InChI=1S/C14H15N3S2/c1-9(2)15-7-13-16-17-14(19-13)11-8-18-12-6-4-3-5-10(11)12/h3-6,8-9,15H,7H2,1-2H3. The lowest BCUT2D eigenvalue weighted by Gasteiger charge is -2.03. The summed E-state index contributed by atoms with van der Waals surface area (Å²) in [6, 6.07) is 8.90. The van der Waals surface area contributed by atoms with Crippen LogP contribution in [0.25, 0.3) is 20.7 Å². The highest BCUT2D eigenvalue weighted by Crippen LogP contribution is 2.35. The van der Waals surface area contributed by atoms with Gasteiger partial charge in [-0.1, -0.05) is 43.4 Å². The molecule has 0 amide bonds. The zero-order valence-electron chi connectivity index (χ0n) is 10.9. The first kappa shape index (κ1) is 12.7. The van der Waals surface area contributed by atoms with E-state index in [1.807, 2.05) is 0 Å². The molecule has 19 heavy (non-hydrogen) atoms. The summed E-state index contributed by atoms with van der Waals surface area (Å²) in [5, 5.41) is 17.4. The van der Waals surface area contributed by atoms with Crippen molar-refractivity contribution in [3.8, 4) is 10.6 Å². The molecular formula is C14H15N3S2. The zero-order chi connectivity index (χ0) is 13.2. The minimum atomic E-state index is 0.467. The first-order chi connectivity index (χ1) is 9.24. The molecule has 2 heterocycles. The number of thiophene rings is 1. The Morgan fingerprint density at radius 2 is 2.05 bits per heavy atom. The molecule has 1 N–H and O–H groups in total. The Bertz CT molecular complexity index is 685. The van der Waals surface area contributed by atoms with E-state index in [1.54, 1.807) is 22.7 Å². The topological polar surface area (TPSA) is 37.8 Å². The van der Waals surface area contributed by atoms with E-state index in [1.165, 1.54) is 15.6 Å². The Labute approximate surface area is 120 Å². The van der Waals surface area contributed by atoms with Crippen LogP contribution in [0.1, 0.15) is 18.9 Å². The fourth-order valence-corrected chi connectivity index (χ4v) is 3.71. The van der Waals surface area contributed by atoms with Crippen molar-refractivity contribution in [3.63, 3.8) is 0 Å². The number of benzene rings is 1. The lowest BCUT2D eigenvalue weighted by atomic mass is 10.2. The Balaban J connectivity index is 1.90. The number of fused-ring (bicyclic) bond motifs is 1. The summed E-state index contributed by atoms with van der Waals surface area (Å²) >= 11 is 3.43. The molecule has 0 spiro atoms. The van der Waals surface area contributed by atoms with Gasteiger partial charge in [0.15, 0.2) is 0 Å². The van der Waals surface area contributed by atoms with E-state index < -0.39 is 0 Å². The number of nitrogens with zero attached hydrogens (tertiary/aromatic N) is 2. The Morgan fingerprint density at radius 3 is 2.89 bits per heavy atom. The van der Waals surface area contributed by atoms with Crippen molar-refractivity contribution >= 4 is 32.8 Å². The van der Waals surface area contributed by atoms with Gasteiger partial charge in [0.2, 0.25) is 0 Å². The average molecular weight is 289 g/mol. The molecule has 3 nitrogen and oxygen atoms in total. The van der Waals surface area contributed by atoms with E-state index in [-0.39, 0.29) is 0 Å². The Hall–Kier alpha value is -1.30. The molecule has 5 heteroatoms. The fraction of sp³-hybridized carbons (Fsp3) is 0.286. The second-order valence-corrected chi connectivity index (χ2v) is 6.66. The van der Waals surface area contributed by atoms with Crippen molar-refractivity contribution < 1.29 is 0 Å². The maximum atomic E-state index is 4.32. The molecule has 0 bridgehead atoms. The van der Waals surface area contributed by atoms with Gasteiger partial charge >= 0.3 is 0 Å². The van der Waals surface area contributed by atoms with Gasteiger partial charge in [-0.25, -0.2) is 0 Å². The number of aromatic nitrogens is 2. The Morgan fingerprint density at radius 1 is 1.21 bits per heavy atom. The molecule has 1 aromatic carbocycles. The van der Waals surface area contributed by atoms with E-state index in [0.717, 1.165) is 16.6 Å². The monoisotopic (exact) mass is 289 g/mol. The summed E-state index contributed by atoms with van der Waals surface area (Å²) in [6.07, 6.45) is 0. The molecule has 0 saturated carbocycles. The third-order valence-electron chi connectivity index (χ3n) is 2.84. The molecule has 0 fully saturated rings. The molecule has 3 aromatic rings. The van der Waals surface area contributed by atoms with Crippen LogP contribution in [-0.2, 0) is 6.54 Å². The van der Waals surface area contributed by atoms with Crippen LogP contribution in [0.3, 0.4) is 0 Å². The highest BCUT2D eigenvalue weighted by molar-refractivity contribution is 7.19. The molecular weight excluding hydrogens is 274 g/mol. The summed E-state index contributed by atoms with van der Waals surface area (Å²) in [5.74, 6) is 0. The molecule has 0 atom stereocenters. The first-order valence-corrected chi connectivity index (χ1v) is 7.96. The smallest absolute Gasteiger partial charge is 0.149 e. The normalized spacial score (nSPS) is 11.5. The van der Waals surface area contributed by atoms with Gasteiger partial charge in [-0.05, 0) is 6.07 Å². The fourth-order valence-electron chi connectivity index (χ4n) is 1.87. The molecule has 0 saturated heterocycles. The third kappa shape index (κ3) is 2.68. The number of nitrogens with one attached hydrogen (secondary N) is 1. The lowest BCUT2D eigenvalue weighted by molar-refractivity contribution is 0.585. The molecule has 0 aliphatic heterocycles. The van der Waals surface area contributed by atoms with Gasteiger partial charge in [0, 0.05) is 33.6 Å². The number of hydrogen-bond donors (Lipinski definition) is 1. The maximum absolute atomic E-state index is 4.32. The Kier molecular flexibility index (Phi) is 3.59. The largest absolute Gasteiger partial charge is 0.308 e. The highest BCUT2D eigenvalue weighted by Gasteiger charge is 2.11. The van der Waals surface area contributed by atoms with E-state index >= 15 is 0 Å². The summed E-state index contributed by atoms with van der Waals surface area (Å²) in [4.78, 5) is 0. The molecule has 0 unspecified atom stereocenters. The molecule has 3 rings (SSSR count). The molecule has 0 aliphatic rings. The summed E-state index contributed by atoms with van der Waals surface area (Å²) in [5.41, 5.74) is 1.20. The van der Waals surface area contributed by atoms with Crippen LogP contribution < -0.4 is 5.32 Å². The maximum Gasteiger partial charge on any atom is 0.149 e. The minimum absolute atomic E-state index is 0.467. The average Bonchev–Trinajstić information content (AvgIpc) is 3.02. The van der Waals surface area contributed by atoms with Crippen LogP contribution in [0.15, 0.2) is 29.6 Å². The summed E-state index contributed by atoms with van der Waals surface area (Å²) in [7, 11) is 0. The van der Waals surface area contributed by atoms with Crippen LogP contribution in [0.4, 0.5) is 0 Å². The predicted molar refractivity (Wildman–Crippen MR) is 82.7 cm³/mol. The molecule has 0 aliphatic carbocycles. The molecule has 0 radical (unpaired) electrons. The second-order valence-electron chi connectivity index (χ2n) is 4.68. The summed E-state index contributed by atoms with van der Waals surface area (Å²) < 4.78 is 1.30. The quantitative estimate of drug-likeness (QED) is 0.791. The highest BCUT2D eigenvalue weighted by atomic mass is 32.1. The van der Waals surface area contributed by atoms with E-state index in [4.69, 9.17) is 0 Å². The van der Waals surface area contributed by atoms with Crippen molar-refractivity contribution in [1.29, 1.82) is 0 Å². The van der Waals surface area contributed by atoms with Gasteiger partial charge < -0.3 is 5.32 Å². The van der Waals surface area contributed by atoms with E-state index in [9.17, 15) is 0 Å². The van der Waals surface area contributed by atoms with Gasteiger partial charge in [0.1, 0.15) is 10.0 Å². The van der Waals surface area contributed by atoms with Crippen LogP contribution in [0.5, 0.6) is 0 Å². The van der Waals surface area contributed by atoms with E-state index in [2.05, 4.69) is 59.0 Å². The second kappa shape index (κ2) is 5.36. The van der Waals surface area contributed by atoms with Gasteiger partial charge in [-0.3, -0.25) is 0 Å². The number of hydrogen-bond acceptors (Lipinski definition) is 5. The van der Waals surface area contributed by atoms with Crippen molar-refractivity contribution in [3.05, 3.63) is 34.7 Å². The lowest BCUT2D eigenvalue weighted by Crippen LogP contribution is -2.21. The predicted octanol–water partition coefficient (Wildman–Crippen LogP) is 3.92. The first-order valence-electron chi connectivity index (χ1n) is 6.26.